The number of ether oxygens (including phenoxy) is 2. The molecule has 2 atom stereocenters. The van der Waals surface area contributed by atoms with Crippen molar-refractivity contribution in [3.8, 4) is 6.07 Å². The summed E-state index contributed by atoms with van der Waals surface area (Å²) in [4.78, 5) is 2.54. The van der Waals surface area contributed by atoms with E-state index in [-0.39, 0.29) is 0 Å². The average Bonchev–Trinajstić information content (AvgIpc) is 3.14. The van der Waals surface area contributed by atoms with E-state index < -0.39 is 0 Å². The zero-order chi connectivity index (χ0) is 15.9. The van der Waals surface area contributed by atoms with Crippen molar-refractivity contribution >= 4 is 0 Å². The number of benzene rings is 1. The predicted molar refractivity (Wildman–Crippen MR) is 88.0 cm³/mol. The van der Waals surface area contributed by atoms with Crippen LogP contribution < -0.4 is 5.32 Å². The summed E-state index contributed by atoms with van der Waals surface area (Å²) in [5.41, 5.74) is 1.88. The molecule has 2 heterocycles. The molecule has 0 spiro atoms. The Kier molecular flexibility index (Phi) is 6.00. The fourth-order valence-electron chi connectivity index (χ4n) is 3.47. The Morgan fingerprint density at radius 2 is 2.13 bits per heavy atom. The van der Waals surface area contributed by atoms with Crippen LogP contribution in [0.1, 0.15) is 17.5 Å². The molecule has 0 saturated carbocycles. The first-order valence-electron chi connectivity index (χ1n) is 8.46. The van der Waals surface area contributed by atoms with Gasteiger partial charge >= 0.3 is 0 Å². The molecule has 2 fully saturated rings. The van der Waals surface area contributed by atoms with Crippen molar-refractivity contribution in [2.75, 3.05) is 46.1 Å². The molecule has 0 amide bonds. The number of nitrogens with one attached hydrogen (secondary N) is 1. The van der Waals surface area contributed by atoms with Gasteiger partial charge in [0.1, 0.15) is 0 Å². The van der Waals surface area contributed by atoms with Gasteiger partial charge in [-0.15, -0.1) is 0 Å². The van der Waals surface area contributed by atoms with E-state index in [9.17, 15) is 0 Å². The predicted octanol–water partition coefficient (Wildman–Crippen LogP) is 1.39. The molecule has 0 aromatic heterocycles. The normalized spacial score (nSPS) is 23.5. The second-order valence-corrected chi connectivity index (χ2v) is 6.28. The summed E-state index contributed by atoms with van der Waals surface area (Å²) < 4.78 is 11.1. The second-order valence-electron chi connectivity index (χ2n) is 6.28. The van der Waals surface area contributed by atoms with Crippen molar-refractivity contribution in [2.45, 2.75) is 19.0 Å². The first-order valence-corrected chi connectivity index (χ1v) is 8.46. The zero-order valence-corrected chi connectivity index (χ0v) is 13.5. The highest BCUT2D eigenvalue weighted by Gasteiger charge is 2.31. The highest BCUT2D eigenvalue weighted by Crippen LogP contribution is 2.22. The van der Waals surface area contributed by atoms with Crippen LogP contribution in [0.2, 0.25) is 0 Å². The van der Waals surface area contributed by atoms with Crippen LogP contribution in [0.4, 0.5) is 0 Å². The van der Waals surface area contributed by atoms with E-state index in [0.717, 1.165) is 70.2 Å². The van der Waals surface area contributed by atoms with Gasteiger partial charge < -0.3 is 14.8 Å². The van der Waals surface area contributed by atoms with E-state index in [1.807, 2.05) is 18.2 Å². The lowest BCUT2D eigenvalue weighted by molar-refractivity contribution is 0.00137. The monoisotopic (exact) mass is 315 g/mol. The molecule has 5 nitrogen and oxygen atoms in total. The number of rotatable bonds is 6. The zero-order valence-electron chi connectivity index (χ0n) is 13.5. The fraction of sp³-hybridized carbons (Fsp3) is 0.611. The van der Waals surface area contributed by atoms with Crippen molar-refractivity contribution in [3.63, 3.8) is 0 Å². The van der Waals surface area contributed by atoms with Crippen molar-refractivity contribution in [1.82, 2.24) is 10.2 Å². The number of nitrogens with zero attached hydrogens (tertiary/aromatic N) is 2. The van der Waals surface area contributed by atoms with Gasteiger partial charge in [0.05, 0.1) is 31.5 Å². The van der Waals surface area contributed by atoms with Crippen LogP contribution in [0.25, 0.3) is 0 Å². The standard InChI is InChI=1S/C18H25N3O2/c19-11-15-2-1-3-16(10-15)12-20-13-18(17-4-7-23-14-17)21-5-8-22-9-6-21/h1-3,10,17-18,20H,4-9,12-14H2/t17-,18-/m0/s1. The van der Waals surface area contributed by atoms with Crippen LogP contribution in [-0.2, 0) is 16.0 Å². The lowest BCUT2D eigenvalue weighted by Gasteiger charge is -2.37. The Bertz CT molecular complexity index is 531. The summed E-state index contributed by atoms with van der Waals surface area (Å²) in [6.07, 6.45) is 1.15. The highest BCUT2D eigenvalue weighted by molar-refractivity contribution is 5.32. The number of hydrogen-bond acceptors (Lipinski definition) is 5. The molecule has 2 aliphatic rings. The number of nitriles is 1. The van der Waals surface area contributed by atoms with Gasteiger partial charge in [-0.1, -0.05) is 12.1 Å². The Labute approximate surface area is 138 Å². The molecule has 3 rings (SSSR count). The van der Waals surface area contributed by atoms with E-state index in [2.05, 4.69) is 22.4 Å². The lowest BCUT2D eigenvalue weighted by atomic mass is 9.96. The minimum absolute atomic E-state index is 0.501. The minimum Gasteiger partial charge on any atom is -0.381 e. The molecule has 124 valence electrons. The van der Waals surface area contributed by atoms with Crippen molar-refractivity contribution in [3.05, 3.63) is 35.4 Å². The first-order chi connectivity index (χ1) is 11.4. The van der Waals surface area contributed by atoms with Gasteiger partial charge in [-0.05, 0) is 24.1 Å². The van der Waals surface area contributed by atoms with Crippen LogP contribution in [0.5, 0.6) is 0 Å². The molecule has 0 radical (unpaired) electrons. The van der Waals surface area contributed by atoms with Gasteiger partial charge in [0.25, 0.3) is 0 Å². The third-order valence-electron chi connectivity index (χ3n) is 4.76. The Hall–Kier alpha value is -1.45. The molecule has 0 aliphatic carbocycles. The molecule has 0 unspecified atom stereocenters. The topological polar surface area (TPSA) is 57.5 Å². The molecule has 2 saturated heterocycles. The van der Waals surface area contributed by atoms with Gasteiger partial charge in [0.2, 0.25) is 0 Å². The SMILES string of the molecule is N#Cc1cccc(CNC[C@@H]([C@H]2CCOC2)N2CCOCC2)c1. The van der Waals surface area contributed by atoms with Crippen LogP contribution in [0, 0.1) is 17.2 Å². The van der Waals surface area contributed by atoms with E-state index in [1.165, 1.54) is 0 Å². The van der Waals surface area contributed by atoms with Gasteiger partial charge in [-0.3, -0.25) is 4.90 Å². The van der Waals surface area contributed by atoms with Crippen LogP contribution >= 0.6 is 0 Å². The molecule has 1 aromatic rings. The summed E-state index contributed by atoms with van der Waals surface area (Å²) in [5, 5.41) is 12.6. The summed E-state index contributed by atoms with van der Waals surface area (Å²) in [5.74, 6) is 0.603. The highest BCUT2D eigenvalue weighted by atomic mass is 16.5. The summed E-state index contributed by atoms with van der Waals surface area (Å²) in [6.45, 7) is 7.17. The third-order valence-corrected chi connectivity index (χ3v) is 4.76. The smallest absolute Gasteiger partial charge is 0.0991 e. The average molecular weight is 315 g/mol. The Balaban J connectivity index is 1.56. The maximum atomic E-state index is 8.99. The van der Waals surface area contributed by atoms with Crippen LogP contribution in [-0.4, -0.2) is 57.0 Å². The third kappa shape index (κ3) is 4.52. The maximum Gasteiger partial charge on any atom is 0.0991 e. The van der Waals surface area contributed by atoms with E-state index in [4.69, 9.17) is 14.7 Å². The first kappa shape index (κ1) is 16.4. The van der Waals surface area contributed by atoms with Gasteiger partial charge in [-0.25, -0.2) is 0 Å². The molecule has 2 aliphatic heterocycles. The minimum atomic E-state index is 0.501. The van der Waals surface area contributed by atoms with Crippen molar-refractivity contribution in [1.29, 1.82) is 5.26 Å². The van der Waals surface area contributed by atoms with Gasteiger partial charge in [0, 0.05) is 44.7 Å². The molecule has 5 heteroatoms. The number of hydrogen-bond donors (Lipinski definition) is 1. The van der Waals surface area contributed by atoms with Crippen molar-refractivity contribution in [2.24, 2.45) is 5.92 Å². The summed E-state index contributed by atoms with van der Waals surface area (Å²) >= 11 is 0. The summed E-state index contributed by atoms with van der Waals surface area (Å²) in [7, 11) is 0. The molecule has 0 bridgehead atoms. The molecule has 1 N–H and O–H groups in total. The Morgan fingerprint density at radius 1 is 1.26 bits per heavy atom. The maximum absolute atomic E-state index is 8.99. The largest absolute Gasteiger partial charge is 0.381 e. The lowest BCUT2D eigenvalue weighted by Crippen LogP contribution is -2.51. The molecular weight excluding hydrogens is 290 g/mol. The van der Waals surface area contributed by atoms with Crippen LogP contribution in [0.15, 0.2) is 24.3 Å². The molecular formula is C18H25N3O2. The number of morpholine rings is 1. The van der Waals surface area contributed by atoms with E-state index in [1.54, 1.807) is 0 Å². The van der Waals surface area contributed by atoms with Crippen LogP contribution in [0.3, 0.4) is 0 Å². The van der Waals surface area contributed by atoms with E-state index >= 15 is 0 Å². The quantitative estimate of drug-likeness (QED) is 0.859. The van der Waals surface area contributed by atoms with Crippen molar-refractivity contribution < 1.29 is 9.47 Å². The van der Waals surface area contributed by atoms with Gasteiger partial charge in [0.15, 0.2) is 0 Å². The summed E-state index contributed by atoms with van der Waals surface area (Å²) in [6, 6.07) is 10.5. The van der Waals surface area contributed by atoms with E-state index in [0.29, 0.717) is 12.0 Å². The second kappa shape index (κ2) is 8.42. The molecule has 1 aromatic carbocycles. The van der Waals surface area contributed by atoms with Gasteiger partial charge in [-0.2, -0.15) is 5.26 Å². The Morgan fingerprint density at radius 3 is 2.87 bits per heavy atom. The molecule has 23 heavy (non-hydrogen) atoms. The fourth-order valence-corrected chi connectivity index (χ4v) is 3.47.